The van der Waals surface area contributed by atoms with Crippen molar-refractivity contribution in [1.29, 1.82) is 0 Å². The van der Waals surface area contributed by atoms with Gasteiger partial charge in [0.25, 0.3) is 0 Å². The Morgan fingerprint density at radius 2 is 2.08 bits per heavy atom. The van der Waals surface area contributed by atoms with Crippen molar-refractivity contribution in [2.45, 2.75) is 19.4 Å². The molecule has 6 nitrogen and oxygen atoms in total. The van der Waals surface area contributed by atoms with Crippen LogP contribution in [0.25, 0.3) is 11.0 Å². The molecule has 1 aliphatic rings. The van der Waals surface area contributed by atoms with Crippen LogP contribution in [0.15, 0.2) is 48.8 Å². The molecule has 0 spiro atoms. The van der Waals surface area contributed by atoms with Crippen molar-refractivity contribution in [3.05, 3.63) is 54.4 Å². The van der Waals surface area contributed by atoms with Gasteiger partial charge in [0.15, 0.2) is 0 Å². The number of H-pyrrole nitrogens is 1. The van der Waals surface area contributed by atoms with Crippen LogP contribution in [-0.4, -0.2) is 29.2 Å². The number of carbonyl (C=O) groups is 1. The second-order valence-electron chi connectivity index (χ2n) is 6.09. The Morgan fingerprint density at radius 3 is 2.88 bits per heavy atom. The molecule has 3 aromatic rings. The fourth-order valence-corrected chi connectivity index (χ4v) is 3.14. The molecular formula is C19H20N4O2. The number of fused-ring (bicyclic) bond motifs is 1. The minimum Gasteiger partial charge on any atom is -0.494 e. The second-order valence-corrected chi connectivity index (χ2v) is 6.09. The number of hydrogen-bond acceptors (Lipinski definition) is 3. The monoisotopic (exact) mass is 336 g/mol. The van der Waals surface area contributed by atoms with Gasteiger partial charge in [-0.15, -0.1) is 0 Å². The van der Waals surface area contributed by atoms with Crippen molar-refractivity contribution in [3.63, 3.8) is 0 Å². The quantitative estimate of drug-likeness (QED) is 0.747. The van der Waals surface area contributed by atoms with Gasteiger partial charge in [0.1, 0.15) is 5.75 Å². The van der Waals surface area contributed by atoms with Gasteiger partial charge in [0, 0.05) is 12.2 Å². The smallest absolute Gasteiger partial charge is 0.322 e. The highest BCUT2D eigenvalue weighted by atomic mass is 16.5. The lowest BCUT2D eigenvalue weighted by Gasteiger charge is -2.23. The Balaban J connectivity index is 1.63. The van der Waals surface area contributed by atoms with Crippen LogP contribution in [0.1, 0.15) is 24.9 Å². The van der Waals surface area contributed by atoms with Crippen LogP contribution in [0.3, 0.4) is 0 Å². The molecule has 0 saturated carbocycles. The van der Waals surface area contributed by atoms with Gasteiger partial charge in [-0.3, -0.25) is 4.90 Å². The van der Waals surface area contributed by atoms with Crippen LogP contribution in [0.4, 0.5) is 10.5 Å². The predicted molar refractivity (Wildman–Crippen MR) is 96.9 cm³/mol. The fourth-order valence-electron chi connectivity index (χ4n) is 3.14. The van der Waals surface area contributed by atoms with Crippen LogP contribution in [0.5, 0.6) is 5.75 Å². The first kappa shape index (κ1) is 15.5. The summed E-state index contributed by atoms with van der Waals surface area (Å²) >= 11 is 0. The Hall–Kier alpha value is -3.02. The van der Waals surface area contributed by atoms with Gasteiger partial charge in [0.05, 0.1) is 30.0 Å². The SMILES string of the molecule is CCCOc1ccc([C@H]2CNC(=O)N2c2ccc3[nH]cnc3c2)cc1. The molecule has 1 aliphatic heterocycles. The summed E-state index contributed by atoms with van der Waals surface area (Å²) in [6.07, 6.45) is 2.64. The molecule has 1 atom stereocenters. The summed E-state index contributed by atoms with van der Waals surface area (Å²) in [4.78, 5) is 21.5. The fraction of sp³-hybridized carbons (Fsp3) is 0.263. The number of aromatic nitrogens is 2. The molecule has 0 bridgehead atoms. The molecule has 25 heavy (non-hydrogen) atoms. The summed E-state index contributed by atoms with van der Waals surface area (Å²) in [5.74, 6) is 0.854. The lowest BCUT2D eigenvalue weighted by Crippen LogP contribution is -2.29. The molecule has 2 N–H and O–H groups in total. The van der Waals surface area contributed by atoms with Crippen LogP contribution in [0, 0.1) is 0 Å². The third-order valence-electron chi connectivity index (χ3n) is 4.40. The summed E-state index contributed by atoms with van der Waals surface area (Å²) in [5, 5.41) is 2.93. The van der Waals surface area contributed by atoms with Gasteiger partial charge in [-0.1, -0.05) is 19.1 Å². The number of rotatable bonds is 5. The van der Waals surface area contributed by atoms with Crippen LogP contribution < -0.4 is 15.0 Å². The molecule has 2 amide bonds. The number of nitrogens with zero attached hydrogens (tertiary/aromatic N) is 2. The maximum atomic E-state index is 12.4. The van der Waals surface area contributed by atoms with Gasteiger partial charge < -0.3 is 15.0 Å². The van der Waals surface area contributed by atoms with Crippen LogP contribution in [0.2, 0.25) is 0 Å². The molecule has 2 heterocycles. The molecule has 4 rings (SSSR count). The Kier molecular flexibility index (Phi) is 4.01. The number of carbonyl (C=O) groups excluding carboxylic acids is 1. The Labute approximate surface area is 145 Å². The average Bonchev–Trinajstić information content (AvgIpc) is 3.26. The zero-order chi connectivity index (χ0) is 17.2. The van der Waals surface area contributed by atoms with Gasteiger partial charge in [-0.05, 0) is 42.3 Å². The maximum Gasteiger partial charge on any atom is 0.322 e. The normalized spacial score (nSPS) is 17.1. The highest BCUT2D eigenvalue weighted by Gasteiger charge is 2.33. The summed E-state index contributed by atoms with van der Waals surface area (Å²) in [5.41, 5.74) is 3.71. The van der Waals surface area contributed by atoms with E-state index in [0.717, 1.165) is 34.5 Å². The molecular weight excluding hydrogens is 316 g/mol. The summed E-state index contributed by atoms with van der Waals surface area (Å²) in [6.45, 7) is 3.36. The first-order valence-electron chi connectivity index (χ1n) is 8.49. The van der Waals surface area contributed by atoms with E-state index in [1.165, 1.54) is 0 Å². The lowest BCUT2D eigenvalue weighted by molar-refractivity contribution is 0.251. The standard InChI is InChI=1S/C19H20N4O2/c1-2-9-25-15-6-3-13(4-7-15)18-11-20-19(24)23(18)14-5-8-16-17(10-14)22-12-21-16/h3-8,10,12,18H,2,9,11H2,1H3,(H,20,24)(H,21,22)/t18-/m1/s1. The van der Waals surface area contributed by atoms with Crippen molar-refractivity contribution in [1.82, 2.24) is 15.3 Å². The van der Waals surface area contributed by atoms with E-state index in [4.69, 9.17) is 4.74 Å². The second kappa shape index (κ2) is 6.47. The van der Waals surface area contributed by atoms with E-state index < -0.39 is 0 Å². The van der Waals surface area contributed by atoms with Crippen molar-refractivity contribution in [2.75, 3.05) is 18.1 Å². The van der Waals surface area contributed by atoms with Crippen molar-refractivity contribution in [3.8, 4) is 5.75 Å². The van der Waals surface area contributed by atoms with E-state index in [0.29, 0.717) is 13.2 Å². The van der Waals surface area contributed by atoms with E-state index in [-0.39, 0.29) is 12.1 Å². The van der Waals surface area contributed by atoms with Gasteiger partial charge in [0.2, 0.25) is 0 Å². The number of amides is 2. The highest BCUT2D eigenvalue weighted by Crippen LogP contribution is 2.32. The lowest BCUT2D eigenvalue weighted by atomic mass is 10.1. The molecule has 1 aromatic heterocycles. The van der Waals surface area contributed by atoms with Gasteiger partial charge in [-0.25, -0.2) is 9.78 Å². The first-order valence-corrected chi connectivity index (χ1v) is 8.49. The van der Waals surface area contributed by atoms with E-state index in [9.17, 15) is 4.79 Å². The topological polar surface area (TPSA) is 70.2 Å². The predicted octanol–water partition coefficient (Wildman–Crippen LogP) is 3.62. The summed E-state index contributed by atoms with van der Waals surface area (Å²) < 4.78 is 5.64. The molecule has 0 unspecified atom stereocenters. The molecule has 0 aliphatic carbocycles. The number of ether oxygens (including phenoxy) is 1. The molecule has 6 heteroatoms. The number of benzene rings is 2. The van der Waals surface area contributed by atoms with E-state index in [1.54, 1.807) is 11.2 Å². The third kappa shape index (κ3) is 2.91. The number of nitrogens with one attached hydrogen (secondary N) is 2. The first-order chi connectivity index (χ1) is 12.3. The minimum absolute atomic E-state index is 0.0517. The van der Waals surface area contributed by atoms with Crippen molar-refractivity contribution in [2.24, 2.45) is 0 Å². The van der Waals surface area contributed by atoms with Crippen molar-refractivity contribution >= 4 is 22.8 Å². The zero-order valence-electron chi connectivity index (χ0n) is 14.0. The third-order valence-corrected chi connectivity index (χ3v) is 4.40. The maximum absolute atomic E-state index is 12.4. The summed E-state index contributed by atoms with van der Waals surface area (Å²) in [7, 11) is 0. The molecule has 1 saturated heterocycles. The number of anilines is 1. The van der Waals surface area contributed by atoms with E-state index in [2.05, 4.69) is 22.2 Å². The number of urea groups is 1. The minimum atomic E-state index is -0.0915. The average molecular weight is 336 g/mol. The Bertz CT molecular complexity index is 888. The van der Waals surface area contributed by atoms with Crippen LogP contribution >= 0.6 is 0 Å². The van der Waals surface area contributed by atoms with E-state index >= 15 is 0 Å². The van der Waals surface area contributed by atoms with Gasteiger partial charge in [-0.2, -0.15) is 0 Å². The molecule has 0 radical (unpaired) electrons. The number of hydrogen-bond donors (Lipinski definition) is 2. The van der Waals surface area contributed by atoms with Crippen molar-refractivity contribution < 1.29 is 9.53 Å². The molecule has 128 valence electrons. The number of imidazole rings is 1. The number of aromatic amines is 1. The Morgan fingerprint density at radius 1 is 1.24 bits per heavy atom. The molecule has 1 fully saturated rings. The largest absolute Gasteiger partial charge is 0.494 e. The summed E-state index contributed by atoms with van der Waals surface area (Å²) in [6, 6.07) is 13.6. The van der Waals surface area contributed by atoms with Gasteiger partial charge >= 0.3 is 6.03 Å². The van der Waals surface area contributed by atoms with Crippen LogP contribution in [-0.2, 0) is 0 Å². The molecule has 2 aromatic carbocycles. The zero-order valence-corrected chi connectivity index (χ0v) is 14.0. The van der Waals surface area contributed by atoms with E-state index in [1.807, 2.05) is 42.5 Å². The highest BCUT2D eigenvalue weighted by molar-refractivity contribution is 5.97.